The lowest BCUT2D eigenvalue weighted by molar-refractivity contribution is 0.799. The van der Waals surface area contributed by atoms with Crippen LogP contribution in [0.1, 0.15) is 11.3 Å². The van der Waals surface area contributed by atoms with Crippen LogP contribution in [-0.2, 0) is 13.1 Å². The van der Waals surface area contributed by atoms with Crippen molar-refractivity contribution in [2.24, 2.45) is 4.99 Å². The molecule has 0 bridgehead atoms. The van der Waals surface area contributed by atoms with Gasteiger partial charge in [0.05, 0.1) is 12.2 Å². The van der Waals surface area contributed by atoms with Gasteiger partial charge in [-0.1, -0.05) is 54.6 Å². The summed E-state index contributed by atoms with van der Waals surface area (Å²) in [4.78, 5) is 8.75. The summed E-state index contributed by atoms with van der Waals surface area (Å²) in [5.74, 6) is 0.767. The maximum Gasteiger partial charge on any atom is 0.191 e. The van der Waals surface area contributed by atoms with Crippen molar-refractivity contribution in [3.05, 3.63) is 78.1 Å². The van der Waals surface area contributed by atoms with Crippen molar-refractivity contribution in [3.8, 4) is 0 Å². The van der Waals surface area contributed by atoms with Gasteiger partial charge in [0.2, 0.25) is 0 Å². The summed E-state index contributed by atoms with van der Waals surface area (Å²) in [6, 6.07) is 20.6. The maximum atomic E-state index is 4.49. The Morgan fingerprint density at radius 2 is 1.62 bits per heavy atom. The molecule has 1 heterocycles. The fraction of sp³-hybridized carbons (Fsp3) is 0.158. The van der Waals surface area contributed by atoms with E-state index < -0.39 is 0 Å². The summed E-state index contributed by atoms with van der Waals surface area (Å²) in [5, 5.41) is 9.01. The Labute approximate surface area is 159 Å². The van der Waals surface area contributed by atoms with E-state index in [4.69, 9.17) is 0 Å². The fourth-order valence-electron chi connectivity index (χ4n) is 2.49. The number of aliphatic imine (C=N–C) groups is 1. The Hall–Kier alpha value is -2.15. The van der Waals surface area contributed by atoms with E-state index in [1.165, 1.54) is 16.3 Å². The Balaban J connectivity index is 0.00000208. The standard InChI is InChI=1S/C19H20N4.HI/c1-20-19(22-13-15-7-3-2-4-8-15)23-14-18-17-10-6-5-9-16(17)11-12-21-18;/h2-12H,13-14H2,1H3,(H2,20,22,23);1H. The third kappa shape index (κ3) is 4.67. The van der Waals surface area contributed by atoms with Crippen molar-refractivity contribution in [2.75, 3.05) is 7.05 Å². The first-order valence-electron chi connectivity index (χ1n) is 7.68. The van der Waals surface area contributed by atoms with Crippen LogP contribution in [0.5, 0.6) is 0 Å². The van der Waals surface area contributed by atoms with Gasteiger partial charge in [-0.3, -0.25) is 9.98 Å². The summed E-state index contributed by atoms with van der Waals surface area (Å²) < 4.78 is 0. The lowest BCUT2D eigenvalue weighted by atomic mass is 10.1. The SMILES string of the molecule is CN=C(NCc1ccccc1)NCc1nccc2ccccc12.I. The van der Waals surface area contributed by atoms with Gasteiger partial charge in [0.25, 0.3) is 0 Å². The molecule has 4 nitrogen and oxygen atoms in total. The number of rotatable bonds is 4. The summed E-state index contributed by atoms with van der Waals surface area (Å²) in [7, 11) is 1.77. The highest BCUT2D eigenvalue weighted by atomic mass is 127. The Kier molecular flexibility index (Phi) is 6.99. The molecule has 5 heteroatoms. The minimum atomic E-state index is 0. The molecular weight excluding hydrogens is 411 g/mol. The van der Waals surface area contributed by atoms with Crippen LogP contribution in [0.4, 0.5) is 0 Å². The maximum absolute atomic E-state index is 4.49. The number of nitrogens with one attached hydrogen (secondary N) is 2. The molecule has 0 radical (unpaired) electrons. The van der Waals surface area contributed by atoms with Crippen LogP contribution >= 0.6 is 24.0 Å². The van der Waals surface area contributed by atoms with Gasteiger partial charge in [0.1, 0.15) is 0 Å². The molecule has 0 aliphatic rings. The number of pyridine rings is 1. The number of hydrogen-bond acceptors (Lipinski definition) is 2. The van der Waals surface area contributed by atoms with E-state index in [9.17, 15) is 0 Å². The molecule has 2 aromatic carbocycles. The molecule has 1 aromatic heterocycles. The van der Waals surface area contributed by atoms with Gasteiger partial charge in [-0.15, -0.1) is 24.0 Å². The van der Waals surface area contributed by atoms with E-state index in [1.807, 2.05) is 42.6 Å². The van der Waals surface area contributed by atoms with Crippen LogP contribution in [0, 0.1) is 0 Å². The molecule has 124 valence electrons. The molecule has 0 unspecified atom stereocenters. The first-order valence-corrected chi connectivity index (χ1v) is 7.68. The molecule has 0 saturated carbocycles. The Morgan fingerprint density at radius 3 is 2.42 bits per heavy atom. The lowest BCUT2D eigenvalue weighted by Crippen LogP contribution is -2.36. The second-order valence-electron chi connectivity index (χ2n) is 5.24. The number of aromatic nitrogens is 1. The third-order valence-electron chi connectivity index (χ3n) is 3.71. The van der Waals surface area contributed by atoms with Gasteiger partial charge in [-0.05, 0) is 17.0 Å². The van der Waals surface area contributed by atoms with E-state index in [0.717, 1.165) is 18.2 Å². The molecule has 0 spiro atoms. The molecule has 0 amide bonds. The normalized spacial score (nSPS) is 11.0. The lowest BCUT2D eigenvalue weighted by Gasteiger charge is -2.12. The number of nitrogens with zero attached hydrogens (tertiary/aromatic N) is 2. The van der Waals surface area contributed by atoms with Crippen LogP contribution < -0.4 is 10.6 Å². The van der Waals surface area contributed by atoms with E-state index in [1.54, 1.807) is 7.05 Å². The van der Waals surface area contributed by atoms with Crippen molar-refractivity contribution in [1.82, 2.24) is 15.6 Å². The Morgan fingerprint density at radius 1 is 0.917 bits per heavy atom. The van der Waals surface area contributed by atoms with Crippen LogP contribution in [0.2, 0.25) is 0 Å². The summed E-state index contributed by atoms with van der Waals surface area (Å²) >= 11 is 0. The summed E-state index contributed by atoms with van der Waals surface area (Å²) in [5.41, 5.74) is 2.24. The van der Waals surface area contributed by atoms with Crippen LogP contribution in [0.3, 0.4) is 0 Å². The van der Waals surface area contributed by atoms with Gasteiger partial charge >= 0.3 is 0 Å². The predicted molar refractivity (Wildman–Crippen MR) is 111 cm³/mol. The number of hydrogen-bond donors (Lipinski definition) is 2. The van der Waals surface area contributed by atoms with Gasteiger partial charge in [0, 0.05) is 25.2 Å². The molecule has 3 aromatic rings. The topological polar surface area (TPSA) is 49.3 Å². The smallest absolute Gasteiger partial charge is 0.191 e. The van der Waals surface area contributed by atoms with E-state index >= 15 is 0 Å². The minimum Gasteiger partial charge on any atom is -0.352 e. The quantitative estimate of drug-likeness (QED) is 0.376. The van der Waals surface area contributed by atoms with Crippen LogP contribution in [-0.4, -0.2) is 18.0 Å². The zero-order valence-corrected chi connectivity index (χ0v) is 15.9. The number of benzene rings is 2. The minimum absolute atomic E-state index is 0. The van der Waals surface area contributed by atoms with Crippen molar-refractivity contribution >= 4 is 40.7 Å². The monoisotopic (exact) mass is 432 g/mol. The second-order valence-corrected chi connectivity index (χ2v) is 5.24. The van der Waals surface area contributed by atoms with E-state index in [-0.39, 0.29) is 24.0 Å². The van der Waals surface area contributed by atoms with Crippen molar-refractivity contribution in [2.45, 2.75) is 13.1 Å². The molecule has 0 aliphatic carbocycles. The molecule has 24 heavy (non-hydrogen) atoms. The fourth-order valence-corrected chi connectivity index (χ4v) is 2.49. The average molecular weight is 432 g/mol. The van der Waals surface area contributed by atoms with Gasteiger partial charge in [0.15, 0.2) is 5.96 Å². The Bertz CT molecular complexity index is 797. The first-order chi connectivity index (χ1) is 11.4. The van der Waals surface area contributed by atoms with E-state index in [2.05, 4.69) is 44.9 Å². The molecule has 0 aliphatic heterocycles. The van der Waals surface area contributed by atoms with Gasteiger partial charge < -0.3 is 10.6 Å². The molecule has 3 rings (SSSR count). The zero-order chi connectivity index (χ0) is 15.9. The summed E-state index contributed by atoms with van der Waals surface area (Å²) in [6.45, 7) is 1.37. The molecule has 0 atom stereocenters. The molecule has 0 saturated heterocycles. The molecule has 0 fully saturated rings. The zero-order valence-electron chi connectivity index (χ0n) is 13.6. The molecule has 2 N–H and O–H groups in total. The number of fused-ring (bicyclic) bond motifs is 1. The molecular formula is C19H21IN4. The van der Waals surface area contributed by atoms with Crippen molar-refractivity contribution in [3.63, 3.8) is 0 Å². The van der Waals surface area contributed by atoms with Crippen molar-refractivity contribution < 1.29 is 0 Å². The number of halogens is 1. The highest BCUT2D eigenvalue weighted by Crippen LogP contribution is 2.15. The first kappa shape index (κ1) is 18.2. The van der Waals surface area contributed by atoms with Crippen molar-refractivity contribution in [1.29, 1.82) is 0 Å². The van der Waals surface area contributed by atoms with Crippen LogP contribution in [0.25, 0.3) is 10.8 Å². The second kappa shape index (κ2) is 9.22. The number of guanidine groups is 1. The van der Waals surface area contributed by atoms with Gasteiger partial charge in [-0.2, -0.15) is 0 Å². The highest BCUT2D eigenvalue weighted by molar-refractivity contribution is 14.0. The largest absolute Gasteiger partial charge is 0.352 e. The third-order valence-corrected chi connectivity index (χ3v) is 3.71. The van der Waals surface area contributed by atoms with Crippen LogP contribution in [0.15, 0.2) is 71.9 Å². The van der Waals surface area contributed by atoms with Gasteiger partial charge in [-0.25, -0.2) is 0 Å². The average Bonchev–Trinajstić information content (AvgIpc) is 2.63. The predicted octanol–water partition coefficient (Wildman–Crippen LogP) is 3.72. The summed E-state index contributed by atoms with van der Waals surface area (Å²) in [6.07, 6.45) is 1.85. The highest BCUT2D eigenvalue weighted by Gasteiger charge is 2.03. The van der Waals surface area contributed by atoms with E-state index in [0.29, 0.717) is 6.54 Å².